The van der Waals surface area contributed by atoms with E-state index >= 15 is 0 Å². The van der Waals surface area contributed by atoms with Crippen molar-refractivity contribution in [3.8, 4) is 0 Å². The summed E-state index contributed by atoms with van der Waals surface area (Å²) >= 11 is 0. The zero-order chi connectivity index (χ0) is 16.4. The van der Waals surface area contributed by atoms with Crippen molar-refractivity contribution in [1.29, 1.82) is 0 Å². The number of urea groups is 1. The standard InChI is InChI=1S/C18H25N3O2/c1-18(2,14-6-4-3-5-7-14)9-8-16(22)20-10-11-21-15(13-20)12-19-17(21)23/h3-7,15H,8-13H2,1-2H3,(H,19,23)/t15-/m1/s1. The van der Waals surface area contributed by atoms with E-state index in [-0.39, 0.29) is 23.4 Å². The molecule has 1 aromatic carbocycles. The zero-order valence-corrected chi connectivity index (χ0v) is 13.9. The van der Waals surface area contributed by atoms with Crippen molar-refractivity contribution in [2.24, 2.45) is 0 Å². The number of amides is 3. The van der Waals surface area contributed by atoms with Crippen LogP contribution in [0.2, 0.25) is 0 Å². The molecule has 1 N–H and O–H groups in total. The van der Waals surface area contributed by atoms with Crippen LogP contribution in [0.5, 0.6) is 0 Å². The summed E-state index contributed by atoms with van der Waals surface area (Å²) in [5.41, 5.74) is 1.26. The second kappa shape index (κ2) is 6.22. The number of piperazine rings is 1. The number of nitrogens with one attached hydrogen (secondary N) is 1. The van der Waals surface area contributed by atoms with E-state index in [4.69, 9.17) is 0 Å². The molecule has 2 heterocycles. The van der Waals surface area contributed by atoms with Crippen LogP contribution in [0, 0.1) is 0 Å². The molecule has 2 aliphatic rings. The lowest BCUT2D eigenvalue weighted by Crippen LogP contribution is -2.53. The summed E-state index contributed by atoms with van der Waals surface area (Å²) in [6.45, 7) is 6.97. The fourth-order valence-corrected chi connectivity index (χ4v) is 3.44. The highest BCUT2D eigenvalue weighted by Gasteiger charge is 2.37. The molecule has 0 bridgehead atoms. The minimum Gasteiger partial charge on any atom is -0.339 e. The van der Waals surface area contributed by atoms with E-state index in [1.54, 1.807) is 0 Å². The molecule has 0 aliphatic carbocycles. The molecule has 0 aromatic heterocycles. The van der Waals surface area contributed by atoms with Crippen LogP contribution in [0.15, 0.2) is 30.3 Å². The van der Waals surface area contributed by atoms with E-state index in [9.17, 15) is 9.59 Å². The summed E-state index contributed by atoms with van der Waals surface area (Å²) in [7, 11) is 0. The first-order chi connectivity index (χ1) is 11.0. The van der Waals surface area contributed by atoms with Crippen LogP contribution in [-0.4, -0.2) is 54.0 Å². The van der Waals surface area contributed by atoms with Gasteiger partial charge in [0, 0.05) is 32.6 Å². The first-order valence-corrected chi connectivity index (χ1v) is 8.35. The zero-order valence-electron chi connectivity index (χ0n) is 13.9. The summed E-state index contributed by atoms with van der Waals surface area (Å²) < 4.78 is 0. The number of carbonyl (C=O) groups excluding carboxylic acids is 2. The van der Waals surface area contributed by atoms with E-state index in [0.717, 1.165) is 6.42 Å². The quantitative estimate of drug-likeness (QED) is 0.924. The molecule has 1 atom stereocenters. The summed E-state index contributed by atoms with van der Waals surface area (Å²) in [4.78, 5) is 27.9. The molecule has 1 aromatic rings. The lowest BCUT2D eigenvalue weighted by molar-refractivity contribution is -0.133. The largest absolute Gasteiger partial charge is 0.339 e. The van der Waals surface area contributed by atoms with Gasteiger partial charge in [-0.2, -0.15) is 0 Å². The van der Waals surface area contributed by atoms with Gasteiger partial charge >= 0.3 is 6.03 Å². The maximum absolute atomic E-state index is 12.5. The number of carbonyl (C=O) groups is 2. The van der Waals surface area contributed by atoms with Crippen LogP contribution in [0.3, 0.4) is 0 Å². The minimum absolute atomic E-state index is 0.00677. The van der Waals surface area contributed by atoms with E-state index in [1.165, 1.54) is 5.56 Å². The van der Waals surface area contributed by atoms with Crippen LogP contribution in [-0.2, 0) is 10.2 Å². The second-order valence-corrected chi connectivity index (χ2v) is 7.12. The average molecular weight is 315 g/mol. The number of fused-ring (bicyclic) bond motifs is 1. The van der Waals surface area contributed by atoms with Gasteiger partial charge in [-0.05, 0) is 17.4 Å². The Morgan fingerprint density at radius 2 is 2.00 bits per heavy atom. The molecule has 5 heteroatoms. The Morgan fingerprint density at radius 1 is 1.26 bits per heavy atom. The molecule has 23 heavy (non-hydrogen) atoms. The lowest BCUT2D eigenvalue weighted by atomic mass is 9.80. The lowest BCUT2D eigenvalue weighted by Gasteiger charge is -2.37. The molecule has 0 saturated carbocycles. The molecule has 0 radical (unpaired) electrons. The summed E-state index contributed by atoms with van der Waals surface area (Å²) in [5, 5.41) is 2.85. The first kappa shape index (κ1) is 15.8. The highest BCUT2D eigenvalue weighted by atomic mass is 16.2. The topological polar surface area (TPSA) is 52.7 Å². The summed E-state index contributed by atoms with van der Waals surface area (Å²) in [6.07, 6.45) is 1.38. The molecule has 124 valence electrons. The van der Waals surface area contributed by atoms with E-state index in [2.05, 4.69) is 31.3 Å². The predicted octanol–water partition coefficient (Wildman–Crippen LogP) is 1.98. The van der Waals surface area contributed by atoms with Gasteiger partial charge in [0.1, 0.15) is 0 Å². The molecule has 2 aliphatic heterocycles. The third-order valence-corrected chi connectivity index (χ3v) is 5.10. The van der Waals surface area contributed by atoms with Crippen molar-refractivity contribution < 1.29 is 9.59 Å². The number of nitrogens with zero attached hydrogens (tertiary/aromatic N) is 2. The Labute approximate surface area is 137 Å². The number of hydrogen-bond acceptors (Lipinski definition) is 2. The maximum atomic E-state index is 12.5. The minimum atomic E-state index is -0.0103. The van der Waals surface area contributed by atoms with Crippen molar-refractivity contribution in [2.75, 3.05) is 26.2 Å². The fourth-order valence-electron chi connectivity index (χ4n) is 3.44. The van der Waals surface area contributed by atoms with Crippen LogP contribution in [0.4, 0.5) is 4.79 Å². The molecule has 3 rings (SSSR count). The van der Waals surface area contributed by atoms with Crippen molar-refractivity contribution in [1.82, 2.24) is 15.1 Å². The van der Waals surface area contributed by atoms with Gasteiger partial charge in [0.05, 0.1) is 6.04 Å². The second-order valence-electron chi connectivity index (χ2n) is 7.12. The van der Waals surface area contributed by atoms with Crippen molar-refractivity contribution >= 4 is 11.9 Å². The van der Waals surface area contributed by atoms with Crippen molar-refractivity contribution in [3.63, 3.8) is 0 Å². The third kappa shape index (κ3) is 3.33. The van der Waals surface area contributed by atoms with Crippen LogP contribution >= 0.6 is 0 Å². The third-order valence-electron chi connectivity index (χ3n) is 5.10. The van der Waals surface area contributed by atoms with Gasteiger partial charge in [0.15, 0.2) is 0 Å². The highest BCUT2D eigenvalue weighted by molar-refractivity contribution is 5.79. The van der Waals surface area contributed by atoms with Crippen LogP contribution in [0.1, 0.15) is 32.3 Å². The van der Waals surface area contributed by atoms with Crippen LogP contribution < -0.4 is 5.32 Å². The Morgan fingerprint density at radius 3 is 2.74 bits per heavy atom. The van der Waals surface area contributed by atoms with E-state index in [0.29, 0.717) is 32.6 Å². The molecule has 0 spiro atoms. The molecule has 2 saturated heterocycles. The summed E-state index contributed by atoms with van der Waals surface area (Å²) in [5.74, 6) is 0.202. The SMILES string of the molecule is CC(C)(CCC(=O)N1CCN2C(=O)NC[C@@H]2C1)c1ccccc1. The van der Waals surface area contributed by atoms with Gasteiger partial charge in [-0.1, -0.05) is 44.2 Å². The van der Waals surface area contributed by atoms with Gasteiger partial charge in [0.2, 0.25) is 5.91 Å². The molecule has 5 nitrogen and oxygen atoms in total. The van der Waals surface area contributed by atoms with Gasteiger partial charge in [-0.25, -0.2) is 4.79 Å². The van der Waals surface area contributed by atoms with Gasteiger partial charge in [-0.3, -0.25) is 4.79 Å². The molecule has 0 unspecified atom stereocenters. The van der Waals surface area contributed by atoms with Gasteiger partial charge < -0.3 is 15.1 Å². The van der Waals surface area contributed by atoms with Crippen LogP contribution in [0.25, 0.3) is 0 Å². The van der Waals surface area contributed by atoms with E-state index in [1.807, 2.05) is 28.0 Å². The molecule has 3 amide bonds. The predicted molar refractivity (Wildman–Crippen MR) is 89.2 cm³/mol. The van der Waals surface area contributed by atoms with Crippen molar-refractivity contribution in [2.45, 2.75) is 38.1 Å². The molecular weight excluding hydrogens is 290 g/mol. The smallest absolute Gasteiger partial charge is 0.317 e. The molecule has 2 fully saturated rings. The monoisotopic (exact) mass is 315 g/mol. The first-order valence-electron chi connectivity index (χ1n) is 8.35. The Balaban J connectivity index is 1.55. The Bertz CT molecular complexity index is 585. The normalized spacial score (nSPS) is 21.1. The average Bonchev–Trinajstić information content (AvgIpc) is 2.94. The number of hydrogen-bond donors (Lipinski definition) is 1. The van der Waals surface area contributed by atoms with E-state index < -0.39 is 0 Å². The summed E-state index contributed by atoms with van der Waals surface area (Å²) in [6, 6.07) is 10.5. The van der Waals surface area contributed by atoms with Crippen molar-refractivity contribution in [3.05, 3.63) is 35.9 Å². The maximum Gasteiger partial charge on any atom is 0.317 e. The van der Waals surface area contributed by atoms with Gasteiger partial charge in [0.25, 0.3) is 0 Å². The highest BCUT2D eigenvalue weighted by Crippen LogP contribution is 2.28. The fraction of sp³-hybridized carbons (Fsp3) is 0.556. The van der Waals surface area contributed by atoms with Gasteiger partial charge in [-0.15, -0.1) is 0 Å². The Kier molecular flexibility index (Phi) is 4.28. The number of rotatable bonds is 4. The molecular formula is C18H25N3O2. The Hall–Kier alpha value is -2.04. The number of benzene rings is 1.